The Hall–Kier alpha value is -2.10. The third kappa shape index (κ3) is 4.75. The molecule has 5 unspecified atom stereocenters. The highest BCUT2D eigenvalue weighted by molar-refractivity contribution is 7.85. The third-order valence-corrected chi connectivity index (χ3v) is 10.3. The van der Waals surface area contributed by atoms with Gasteiger partial charge in [-0.3, -0.25) is 18.9 Å². The highest BCUT2D eigenvalue weighted by Crippen LogP contribution is 2.61. The van der Waals surface area contributed by atoms with E-state index in [9.17, 15) is 49.1 Å². The summed E-state index contributed by atoms with van der Waals surface area (Å²) in [5.41, 5.74) is -6.45. The molecule has 0 aromatic carbocycles. The molecule has 0 aromatic rings. The number of esters is 3. The standard InChI is InChI=1S/C24H28F6O9S/c1-10-2-14-16(18(32)39-22(23(25,26)27,24(28,29)30)9-40(34,35)36)15(10)17(31)37-19(14)38-20(33)21-6-11-3-12(7-21)5-13(4-11)8-21/h10-16,19H,2-9H2,1H3,(H,34,35,36). The van der Waals surface area contributed by atoms with Crippen molar-refractivity contribution in [3.8, 4) is 0 Å². The fourth-order valence-corrected chi connectivity index (χ4v) is 9.17. The van der Waals surface area contributed by atoms with Gasteiger partial charge in [0.15, 0.2) is 0 Å². The van der Waals surface area contributed by atoms with Crippen LogP contribution in [-0.2, 0) is 38.7 Å². The van der Waals surface area contributed by atoms with Crippen molar-refractivity contribution in [3.63, 3.8) is 0 Å². The van der Waals surface area contributed by atoms with E-state index < -0.39 is 87.1 Å². The molecule has 0 amide bonds. The normalized spacial score (nSPS) is 39.1. The van der Waals surface area contributed by atoms with Gasteiger partial charge >= 0.3 is 35.9 Å². The monoisotopic (exact) mass is 606 g/mol. The zero-order valence-corrected chi connectivity index (χ0v) is 22.0. The smallest absolute Gasteiger partial charge is 0.438 e. The van der Waals surface area contributed by atoms with Crippen LogP contribution in [0, 0.1) is 46.8 Å². The molecule has 0 radical (unpaired) electrons. The zero-order chi connectivity index (χ0) is 29.6. The number of carbonyl (C=O) groups is 3. The number of cyclic esters (lactones) is 1. The number of fused-ring (bicyclic) bond motifs is 2. The number of alkyl halides is 6. The van der Waals surface area contributed by atoms with Gasteiger partial charge in [0, 0.05) is 5.92 Å². The Kier molecular flexibility index (Phi) is 6.76. The van der Waals surface area contributed by atoms with Crippen LogP contribution >= 0.6 is 0 Å². The van der Waals surface area contributed by atoms with Crippen molar-refractivity contribution in [1.29, 1.82) is 0 Å². The van der Waals surface area contributed by atoms with Gasteiger partial charge in [-0.2, -0.15) is 34.8 Å². The molecular formula is C24H28F6O9S. The molecule has 1 aliphatic heterocycles. The largest absolute Gasteiger partial charge is 0.438 e. The maximum absolute atomic E-state index is 13.8. The summed E-state index contributed by atoms with van der Waals surface area (Å²) in [5, 5.41) is 0. The summed E-state index contributed by atoms with van der Waals surface area (Å²) in [5.74, 6) is -11.6. The van der Waals surface area contributed by atoms with Crippen molar-refractivity contribution in [2.45, 2.75) is 76.1 Å². The molecule has 0 spiro atoms. The molecule has 5 atom stereocenters. The number of halogens is 6. The molecule has 6 fully saturated rings. The summed E-state index contributed by atoms with van der Waals surface area (Å²) in [6.07, 6.45) is -10.3. The van der Waals surface area contributed by atoms with Crippen LogP contribution in [0.15, 0.2) is 0 Å². The fourth-order valence-electron chi connectivity index (χ4n) is 8.27. The Morgan fingerprint density at radius 2 is 1.48 bits per heavy atom. The van der Waals surface area contributed by atoms with Gasteiger partial charge in [0.1, 0.15) is 5.75 Å². The molecule has 6 bridgehead atoms. The highest BCUT2D eigenvalue weighted by Gasteiger charge is 2.77. The average Bonchev–Trinajstić information content (AvgIpc) is 3.06. The van der Waals surface area contributed by atoms with E-state index in [4.69, 9.17) is 14.0 Å². The van der Waals surface area contributed by atoms with Gasteiger partial charge < -0.3 is 14.2 Å². The van der Waals surface area contributed by atoms with E-state index in [2.05, 4.69) is 4.74 Å². The lowest BCUT2D eigenvalue weighted by Crippen LogP contribution is -2.64. The minimum absolute atomic E-state index is 0.127. The average molecular weight is 607 g/mol. The van der Waals surface area contributed by atoms with E-state index in [1.165, 1.54) is 6.92 Å². The second kappa shape index (κ2) is 9.20. The summed E-state index contributed by atoms with van der Waals surface area (Å²) in [7, 11) is -5.98. The Labute approximate surface area is 225 Å². The van der Waals surface area contributed by atoms with Gasteiger partial charge in [-0.15, -0.1) is 0 Å². The number of carbonyl (C=O) groups excluding carboxylic acids is 3. The van der Waals surface area contributed by atoms with Crippen LogP contribution in [0.4, 0.5) is 26.3 Å². The van der Waals surface area contributed by atoms with Crippen LogP contribution < -0.4 is 0 Å². The van der Waals surface area contributed by atoms with Crippen molar-refractivity contribution in [2.24, 2.45) is 46.8 Å². The molecule has 5 aliphatic carbocycles. The van der Waals surface area contributed by atoms with Crippen molar-refractivity contribution < 1.29 is 67.9 Å². The fraction of sp³-hybridized carbons (Fsp3) is 0.875. The summed E-state index contributed by atoms with van der Waals surface area (Å²) in [6, 6.07) is 0. The molecule has 6 aliphatic rings. The Morgan fingerprint density at radius 3 is 1.93 bits per heavy atom. The van der Waals surface area contributed by atoms with E-state index in [0.29, 0.717) is 37.0 Å². The van der Waals surface area contributed by atoms with E-state index in [0.717, 1.165) is 19.3 Å². The third-order valence-electron chi connectivity index (χ3n) is 9.50. The number of hydrogen-bond acceptors (Lipinski definition) is 8. The first kappa shape index (κ1) is 29.4. The van der Waals surface area contributed by atoms with Crippen molar-refractivity contribution in [2.75, 3.05) is 5.75 Å². The Balaban J connectivity index is 1.42. The van der Waals surface area contributed by atoms with Gasteiger partial charge in [-0.05, 0) is 68.6 Å². The molecule has 9 nitrogen and oxygen atoms in total. The predicted molar refractivity (Wildman–Crippen MR) is 118 cm³/mol. The van der Waals surface area contributed by atoms with E-state index in [1.807, 2.05) is 0 Å². The molecule has 1 saturated heterocycles. The molecule has 1 heterocycles. The maximum atomic E-state index is 13.8. The first-order chi connectivity index (χ1) is 18.3. The number of rotatable bonds is 6. The number of ether oxygens (including phenoxy) is 3. The lowest BCUT2D eigenvalue weighted by molar-refractivity contribution is -0.363. The van der Waals surface area contributed by atoms with Crippen LogP contribution in [0.5, 0.6) is 0 Å². The van der Waals surface area contributed by atoms with E-state index in [-0.39, 0.29) is 6.42 Å². The highest BCUT2D eigenvalue weighted by atomic mass is 32.2. The molecular weight excluding hydrogens is 578 g/mol. The quantitative estimate of drug-likeness (QED) is 0.272. The van der Waals surface area contributed by atoms with Gasteiger partial charge in [0.25, 0.3) is 16.4 Å². The molecule has 5 saturated carbocycles. The van der Waals surface area contributed by atoms with Crippen LogP contribution in [0.25, 0.3) is 0 Å². The van der Waals surface area contributed by atoms with Crippen molar-refractivity contribution in [3.05, 3.63) is 0 Å². The van der Waals surface area contributed by atoms with Crippen LogP contribution in [0.1, 0.15) is 51.9 Å². The van der Waals surface area contributed by atoms with E-state index >= 15 is 0 Å². The van der Waals surface area contributed by atoms with Gasteiger partial charge in [-0.25, -0.2) is 0 Å². The second-order valence-electron chi connectivity index (χ2n) is 12.3. The summed E-state index contributed by atoms with van der Waals surface area (Å²) in [6.45, 7) is 1.43. The lowest BCUT2D eigenvalue weighted by atomic mass is 9.49. The first-order valence-electron chi connectivity index (χ1n) is 13.0. The lowest BCUT2D eigenvalue weighted by Gasteiger charge is -2.55. The maximum Gasteiger partial charge on any atom is 0.438 e. The first-order valence-corrected chi connectivity index (χ1v) is 14.6. The molecule has 226 valence electrons. The van der Waals surface area contributed by atoms with Crippen LogP contribution in [-0.4, -0.2) is 60.9 Å². The van der Waals surface area contributed by atoms with E-state index in [1.54, 1.807) is 0 Å². The minimum atomic E-state index is -6.51. The predicted octanol–water partition coefficient (Wildman–Crippen LogP) is 3.81. The van der Waals surface area contributed by atoms with Crippen LogP contribution in [0.3, 0.4) is 0 Å². The van der Waals surface area contributed by atoms with Crippen molar-refractivity contribution >= 4 is 28.0 Å². The summed E-state index contributed by atoms with van der Waals surface area (Å²) in [4.78, 5) is 39.3. The Morgan fingerprint density at radius 1 is 0.975 bits per heavy atom. The van der Waals surface area contributed by atoms with Gasteiger partial charge in [0.05, 0.1) is 17.3 Å². The van der Waals surface area contributed by atoms with Gasteiger partial charge in [0.2, 0.25) is 0 Å². The molecule has 1 N–H and O–H groups in total. The van der Waals surface area contributed by atoms with Gasteiger partial charge in [-0.1, -0.05) is 6.92 Å². The SMILES string of the molecule is CC1CC2C(OC(=O)C34CC5CC(CC(C5)C3)C4)OC(=O)C1C2C(=O)OC(CS(=O)(=O)O)(C(F)(F)F)C(F)(F)F. The summed E-state index contributed by atoms with van der Waals surface area (Å²) < 4.78 is 129. The Bertz CT molecular complexity index is 1150. The topological polar surface area (TPSA) is 133 Å². The second-order valence-corrected chi connectivity index (χ2v) is 13.8. The molecule has 40 heavy (non-hydrogen) atoms. The molecule has 16 heteroatoms. The van der Waals surface area contributed by atoms with Crippen molar-refractivity contribution in [1.82, 2.24) is 0 Å². The zero-order valence-electron chi connectivity index (χ0n) is 21.2. The summed E-state index contributed by atoms with van der Waals surface area (Å²) >= 11 is 0. The number of hydrogen-bond donors (Lipinski definition) is 1. The van der Waals surface area contributed by atoms with Crippen LogP contribution in [0.2, 0.25) is 0 Å². The molecule has 6 rings (SSSR count). The molecule has 0 aromatic heterocycles. The minimum Gasteiger partial charge on any atom is -0.438 e.